The van der Waals surface area contributed by atoms with Gasteiger partial charge in [-0.2, -0.15) is 0 Å². The highest BCUT2D eigenvalue weighted by Crippen LogP contribution is 2.25. The predicted octanol–water partition coefficient (Wildman–Crippen LogP) is 1.76. The van der Waals surface area contributed by atoms with Gasteiger partial charge in [0.2, 0.25) is 0 Å². The number of anilines is 1. The lowest BCUT2D eigenvalue weighted by Crippen LogP contribution is -2.35. The van der Waals surface area contributed by atoms with E-state index >= 15 is 0 Å². The number of hydrogen-bond acceptors (Lipinski definition) is 6. The largest absolute Gasteiger partial charge is 0.478 e. The molecular formula is C18H17ClN2O7S2. The van der Waals surface area contributed by atoms with Crippen LogP contribution in [0, 0.1) is 0 Å². The van der Waals surface area contributed by atoms with Gasteiger partial charge in [-0.05, 0) is 48.9 Å². The molecule has 0 spiro atoms. The van der Waals surface area contributed by atoms with Crippen molar-refractivity contribution < 1.29 is 31.5 Å². The maximum Gasteiger partial charge on any atom is 0.335 e. The number of carbonyl (C=O) groups excluding carboxylic acids is 1. The number of aromatic carboxylic acids is 1. The van der Waals surface area contributed by atoms with Crippen LogP contribution in [0.4, 0.5) is 5.69 Å². The van der Waals surface area contributed by atoms with Crippen molar-refractivity contribution in [1.29, 1.82) is 0 Å². The van der Waals surface area contributed by atoms with Gasteiger partial charge in [0, 0.05) is 17.3 Å². The minimum Gasteiger partial charge on any atom is -0.478 e. The summed E-state index contributed by atoms with van der Waals surface area (Å²) in [7, 11) is -7.30. The number of benzene rings is 2. The molecular weight excluding hydrogens is 456 g/mol. The molecule has 160 valence electrons. The third-order valence-corrected chi connectivity index (χ3v) is 8.07. The van der Waals surface area contributed by atoms with Crippen LogP contribution < -0.4 is 10.0 Å². The number of halogens is 1. The molecule has 0 saturated carbocycles. The van der Waals surface area contributed by atoms with E-state index in [1.54, 1.807) is 0 Å². The number of carboxylic acids is 1. The van der Waals surface area contributed by atoms with Crippen LogP contribution in [0.25, 0.3) is 0 Å². The third kappa shape index (κ3) is 5.10. The van der Waals surface area contributed by atoms with Crippen LogP contribution in [0.5, 0.6) is 0 Å². The zero-order valence-electron chi connectivity index (χ0n) is 15.3. The van der Waals surface area contributed by atoms with Crippen molar-refractivity contribution >= 4 is 49.0 Å². The van der Waals surface area contributed by atoms with Gasteiger partial charge >= 0.3 is 5.97 Å². The fourth-order valence-corrected chi connectivity index (χ4v) is 6.18. The van der Waals surface area contributed by atoms with Gasteiger partial charge in [0.1, 0.15) is 4.90 Å². The number of sulfonamides is 1. The summed E-state index contributed by atoms with van der Waals surface area (Å²) < 4.78 is 50.4. The van der Waals surface area contributed by atoms with Crippen LogP contribution in [-0.2, 0) is 19.9 Å². The Labute approximate surface area is 178 Å². The maximum absolute atomic E-state index is 12.6. The van der Waals surface area contributed by atoms with Crippen molar-refractivity contribution in [2.75, 3.05) is 16.2 Å². The molecule has 9 nitrogen and oxygen atoms in total. The lowest BCUT2D eigenvalue weighted by atomic mass is 10.1. The minimum absolute atomic E-state index is 0.0320. The second kappa shape index (κ2) is 8.25. The topological polar surface area (TPSA) is 147 Å². The van der Waals surface area contributed by atoms with Gasteiger partial charge in [0.15, 0.2) is 9.84 Å². The van der Waals surface area contributed by atoms with Crippen LogP contribution in [-0.4, -0.2) is 51.4 Å². The molecule has 0 unspecified atom stereocenters. The molecule has 3 rings (SSSR count). The Hall–Kier alpha value is -2.63. The quantitative estimate of drug-likeness (QED) is 0.580. The Bertz CT molecular complexity index is 1210. The summed E-state index contributed by atoms with van der Waals surface area (Å²) in [4.78, 5) is 22.9. The number of sulfone groups is 1. The van der Waals surface area contributed by atoms with Crippen LogP contribution in [0.2, 0.25) is 5.02 Å². The summed E-state index contributed by atoms with van der Waals surface area (Å²) >= 11 is 5.91. The molecule has 0 bridgehead atoms. The average Bonchev–Trinajstić information content (AvgIpc) is 3.00. The van der Waals surface area contributed by atoms with Crippen LogP contribution in [0.3, 0.4) is 0 Å². The maximum atomic E-state index is 12.6. The first-order chi connectivity index (χ1) is 14.0. The zero-order valence-corrected chi connectivity index (χ0v) is 17.7. The molecule has 1 amide bonds. The fourth-order valence-electron chi connectivity index (χ4n) is 2.92. The van der Waals surface area contributed by atoms with E-state index < -0.39 is 42.7 Å². The molecule has 1 saturated heterocycles. The van der Waals surface area contributed by atoms with Crippen molar-refractivity contribution in [3.05, 3.63) is 58.6 Å². The Morgan fingerprint density at radius 1 is 1.07 bits per heavy atom. The highest BCUT2D eigenvalue weighted by molar-refractivity contribution is 7.93. The molecule has 1 aliphatic heterocycles. The molecule has 0 aromatic heterocycles. The summed E-state index contributed by atoms with van der Waals surface area (Å²) in [6.45, 7) is 0. The van der Waals surface area contributed by atoms with E-state index in [0.717, 1.165) is 6.07 Å². The molecule has 1 atom stereocenters. The van der Waals surface area contributed by atoms with Crippen LogP contribution >= 0.6 is 11.6 Å². The normalized spacial score (nSPS) is 18.0. The smallest absolute Gasteiger partial charge is 0.335 e. The number of carboxylic acid groups (broad SMARTS) is 1. The third-order valence-electron chi connectivity index (χ3n) is 4.43. The summed E-state index contributed by atoms with van der Waals surface area (Å²) in [5.41, 5.74) is 0.126. The van der Waals surface area contributed by atoms with Gasteiger partial charge in [-0.3, -0.25) is 9.52 Å². The lowest BCUT2D eigenvalue weighted by Gasteiger charge is -2.12. The fraction of sp³-hybridized carbons (Fsp3) is 0.222. The number of amides is 1. The molecule has 12 heteroatoms. The first kappa shape index (κ1) is 22.1. The van der Waals surface area contributed by atoms with Gasteiger partial charge in [-0.1, -0.05) is 11.6 Å². The Morgan fingerprint density at radius 2 is 1.70 bits per heavy atom. The van der Waals surface area contributed by atoms with Gasteiger partial charge in [-0.15, -0.1) is 0 Å². The summed E-state index contributed by atoms with van der Waals surface area (Å²) in [5, 5.41) is 11.5. The Morgan fingerprint density at radius 3 is 2.27 bits per heavy atom. The van der Waals surface area contributed by atoms with E-state index in [0.29, 0.717) is 6.42 Å². The van der Waals surface area contributed by atoms with E-state index in [4.69, 9.17) is 16.7 Å². The Kier molecular flexibility index (Phi) is 6.06. The van der Waals surface area contributed by atoms with E-state index in [-0.39, 0.29) is 33.3 Å². The van der Waals surface area contributed by atoms with Crippen molar-refractivity contribution in [3.8, 4) is 0 Å². The summed E-state index contributed by atoms with van der Waals surface area (Å²) in [6.07, 6.45) is 0.349. The van der Waals surface area contributed by atoms with Gasteiger partial charge in [-0.25, -0.2) is 21.6 Å². The molecule has 2 aromatic rings. The van der Waals surface area contributed by atoms with Crippen molar-refractivity contribution in [2.24, 2.45) is 0 Å². The van der Waals surface area contributed by atoms with Crippen LogP contribution in [0.1, 0.15) is 27.1 Å². The molecule has 1 aliphatic rings. The zero-order chi connectivity index (χ0) is 22.1. The first-order valence-electron chi connectivity index (χ1n) is 8.64. The van der Waals surface area contributed by atoms with E-state index in [2.05, 4.69) is 10.0 Å². The molecule has 3 N–H and O–H groups in total. The standard InChI is InChI=1S/C18H17ClN2O7S2/c19-15-6-3-12(18(23)24)9-16(15)30(27,28)21-13-4-1-11(2-5-13)17(22)20-14-7-8-29(25,26)10-14/h1-6,9,14,21H,7-8,10H2,(H,20,22)(H,23,24)/t14-/m0/s1. The average molecular weight is 473 g/mol. The van der Waals surface area contributed by atoms with E-state index in [1.807, 2.05) is 0 Å². The first-order valence-corrected chi connectivity index (χ1v) is 12.3. The van der Waals surface area contributed by atoms with Crippen LogP contribution in [0.15, 0.2) is 47.4 Å². The number of carbonyl (C=O) groups is 2. The highest BCUT2D eigenvalue weighted by Gasteiger charge is 2.29. The number of hydrogen-bond donors (Lipinski definition) is 3. The summed E-state index contributed by atoms with van der Waals surface area (Å²) in [5.74, 6) is -1.84. The van der Waals surface area contributed by atoms with Crippen molar-refractivity contribution in [1.82, 2.24) is 5.32 Å². The molecule has 0 aliphatic carbocycles. The highest BCUT2D eigenvalue weighted by atomic mass is 35.5. The van der Waals surface area contributed by atoms with E-state index in [9.17, 15) is 26.4 Å². The Balaban J connectivity index is 1.73. The van der Waals surface area contributed by atoms with Crippen molar-refractivity contribution in [3.63, 3.8) is 0 Å². The van der Waals surface area contributed by atoms with Crippen molar-refractivity contribution in [2.45, 2.75) is 17.4 Å². The lowest BCUT2D eigenvalue weighted by molar-refractivity contribution is 0.0696. The van der Waals surface area contributed by atoms with Gasteiger partial charge < -0.3 is 10.4 Å². The molecule has 2 aromatic carbocycles. The monoisotopic (exact) mass is 472 g/mol. The van der Waals surface area contributed by atoms with Gasteiger partial charge in [0.25, 0.3) is 15.9 Å². The molecule has 30 heavy (non-hydrogen) atoms. The molecule has 0 radical (unpaired) electrons. The molecule has 1 fully saturated rings. The molecule has 1 heterocycles. The number of nitrogens with one attached hydrogen (secondary N) is 2. The minimum atomic E-state index is -4.18. The predicted molar refractivity (Wildman–Crippen MR) is 110 cm³/mol. The SMILES string of the molecule is O=C(O)c1ccc(Cl)c(S(=O)(=O)Nc2ccc(C(=O)N[C@H]3CCS(=O)(=O)C3)cc2)c1. The second-order valence-electron chi connectivity index (χ2n) is 6.71. The number of rotatable bonds is 6. The van der Waals surface area contributed by atoms with Gasteiger partial charge in [0.05, 0.1) is 22.1 Å². The van der Waals surface area contributed by atoms with E-state index in [1.165, 1.54) is 36.4 Å². The second-order valence-corrected chi connectivity index (χ2v) is 11.0. The summed E-state index contributed by atoms with van der Waals surface area (Å²) in [6, 6.07) is 8.33.